The molecule has 0 bridgehead atoms. The first kappa shape index (κ1) is 14.0. The van der Waals surface area contributed by atoms with Gasteiger partial charge in [-0.25, -0.2) is 9.59 Å². The predicted octanol–water partition coefficient (Wildman–Crippen LogP) is 0.929. The summed E-state index contributed by atoms with van der Waals surface area (Å²) in [7, 11) is 2.82. The number of carbonyl (C=O) groups excluding carboxylic acids is 2. The monoisotopic (exact) mass is 252 g/mol. The number of hydrogen-bond donors (Lipinski definition) is 2. The van der Waals surface area contributed by atoms with E-state index in [4.69, 9.17) is 5.11 Å². The summed E-state index contributed by atoms with van der Waals surface area (Å²) in [5, 5.41) is 11.3. The molecule has 6 nitrogen and oxygen atoms in total. The molecule has 1 rings (SSSR count). The van der Waals surface area contributed by atoms with Crippen LogP contribution in [-0.4, -0.2) is 49.3 Å². The molecule has 0 spiro atoms. The molecule has 0 radical (unpaired) electrons. The molecule has 0 saturated heterocycles. The molecule has 18 heavy (non-hydrogen) atoms. The van der Waals surface area contributed by atoms with Crippen molar-refractivity contribution in [2.45, 2.75) is 0 Å². The molecular formula is C12H16N2O4. The van der Waals surface area contributed by atoms with Gasteiger partial charge in [-0.2, -0.15) is 0 Å². The highest BCUT2D eigenvalue weighted by atomic mass is 16.5. The number of ether oxygens (including phenoxy) is 1. The van der Waals surface area contributed by atoms with Gasteiger partial charge in [0.05, 0.1) is 25.0 Å². The summed E-state index contributed by atoms with van der Waals surface area (Å²) < 4.78 is 4.62. The smallest absolute Gasteiger partial charge is 0.339 e. The molecule has 6 heteroatoms. The largest absolute Gasteiger partial charge is 0.465 e. The summed E-state index contributed by atoms with van der Waals surface area (Å²) >= 11 is 0. The molecule has 0 atom stereocenters. The number of para-hydroxylation sites is 1. The number of carbonyl (C=O) groups is 2. The van der Waals surface area contributed by atoms with E-state index < -0.39 is 12.0 Å². The molecule has 0 heterocycles. The fourth-order valence-electron chi connectivity index (χ4n) is 1.34. The summed E-state index contributed by atoms with van der Waals surface area (Å²) in [4.78, 5) is 24.5. The Morgan fingerprint density at radius 3 is 2.67 bits per heavy atom. The van der Waals surface area contributed by atoms with E-state index in [1.165, 1.54) is 12.0 Å². The highest BCUT2D eigenvalue weighted by Crippen LogP contribution is 2.16. The molecule has 0 fully saturated rings. The lowest BCUT2D eigenvalue weighted by Crippen LogP contribution is -2.33. The van der Waals surface area contributed by atoms with E-state index in [1.807, 2.05) is 0 Å². The Balaban J connectivity index is 2.84. The Labute approximate surface area is 105 Å². The van der Waals surface area contributed by atoms with Gasteiger partial charge < -0.3 is 20.1 Å². The van der Waals surface area contributed by atoms with Gasteiger partial charge in [-0.1, -0.05) is 12.1 Å². The Morgan fingerprint density at radius 1 is 1.39 bits per heavy atom. The number of anilines is 1. The van der Waals surface area contributed by atoms with Gasteiger partial charge in [-0.15, -0.1) is 0 Å². The van der Waals surface area contributed by atoms with Crippen LogP contribution >= 0.6 is 0 Å². The first-order valence-electron chi connectivity index (χ1n) is 5.40. The molecule has 1 aromatic carbocycles. The second-order valence-electron chi connectivity index (χ2n) is 3.61. The van der Waals surface area contributed by atoms with E-state index >= 15 is 0 Å². The average molecular weight is 252 g/mol. The van der Waals surface area contributed by atoms with E-state index in [9.17, 15) is 9.59 Å². The number of aliphatic hydroxyl groups is 1. The predicted molar refractivity (Wildman–Crippen MR) is 66.5 cm³/mol. The van der Waals surface area contributed by atoms with Crippen molar-refractivity contribution in [3.05, 3.63) is 29.8 Å². The van der Waals surface area contributed by atoms with E-state index in [0.29, 0.717) is 5.69 Å². The highest BCUT2D eigenvalue weighted by molar-refractivity contribution is 6.00. The van der Waals surface area contributed by atoms with Gasteiger partial charge >= 0.3 is 12.0 Å². The third-order valence-electron chi connectivity index (χ3n) is 2.36. The summed E-state index contributed by atoms with van der Waals surface area (Å²) in [6, 6.07) is 6.15. The van der Waals surface area contributed by atoms with E-state index in [0.717, 1.165) is 0 Å². The third kappa shape index (κ3) is 3.46. The van der Waals surface area contributed by atoms with Crippen LogP contribution in [0.4, 0.5) is 10.5 Å². The van der Waals surface area contributed by atoms with Crippen LogP contribution in [0.1, 0.15) is 10.4 Å². The molecule has 98 valence electrons. The standard InChI is InChI=1S/C12H16N2O4/c1-14(7-8-15)12(17)13-10-6-4-3-5-9(10)11(16)18-2/h3-6,15H,7-8H2,1-2H3,(H,13,17). The number of rotatable bonds is 4. The van der Waals surface area contributed by atoms with Crippen molar-refractivity contribution in [1.82, 2.24) is 4.90 Å². The van der Waals surface area contributed by atoms with Crippen molar-refractivity contribution in [3.8, 4) is 0 Å². The van der Waals surface area contributed by atoms with Crippen LogP contribution in [0.5, 0.6) is 0 Å². The van der Waals surface area contributed by atoms with Crippen LogP contribution in [0.15, 0.2) is 24.3 Å². The molecule has 0 saturated carbocycles. The van der Waals surface area contributed by atoms with Crippen molar-refractivity contribution in [3.63, 3.8) is 0 Å². The number of nitrogens with one attached hydrogen (secondary N) is 1. The molecule has 1 aromatic rings. The number of amides is 2. The number of esters is 1. The molecule has 2 amide bonds. The van der Waals surface area contributed by atoms with Crippen LogP contribution in [0.25, 0.3) is 0 Å². The molecule has 0 unspecified atom stereocenters. The van der Waals surface area contributed by atoms with Gasteiger partial charge in [0.1, 0.15) is 0 Å². The Hall–Kier alpha value is -2.08. The first-order chi connectivity index (χ1) is 8.60. The van der Waals surface area contributed by atoms with Gasteiger partial charge in [0.25, 0.3) is 0 Å². The lowest BCUT2D eigenvalue weighted by Gasteiger charge is -2.17. The zero-order valence-electron chi connectivity index (χ0n) is 10.3. The fourth-order valence-corrected chi connectivity index (χ4v) is 1.34. The van der Waals surface area contributed by atoms with Crippen molar-refractivity contribution in [2.24, 2.45) is 0 Å². The van der Waals surface area contributed by atoms with Crippen LogP contribution in [0.3, 0.4) is 0 Å². The lowest BCUT2D eigenvalue weighted by molar-refractivity contribution is 0.0602. The Bertz CT molecular complexity index is 434. The quantitative estimate of drug-likeness (QED) is 0.781. The first-order valence-corrected chi connectivity index (χ1v) is 5.40. The van der Waals surface area contributed by atoms with Crippen LogP contribution in [-0.2, 0) is 4.74 Å². The van der Waals surface area contributed by atoms with Gasteiger partial charge in [0, 0.05) is 13.6 Å². The van der Waals surface area contributed by atoms with Gasteiger partial charge in [-0.05, 0) is 12.1 Å². The maximum atomic E-state index is 11.7. The summed E-state index contributed by atoms with van der Waals surface area (Å²) in [5.74, 6) is -0.518. The fraction of sp³-hybridized carbons (Fsp3) is 0.333. The topological polar surface area (TPSA) is 78.9 Å². The van der Waals surface area contributed by atoms with Crippen molar-refractivity contribution in [1.29, 1.82) is 0 Å². The highest BCUT2D eigenvalue weighted by Gasteiger charge is 2.14. The molecule has 0 aromatic heterocycles. The van der Waals surface area contributed by atoms with Gasteiger partial charge in [0.2, 0.25) is 0 Å². The number of urea groups is 1. The van der Waals surface area contributed by atoms with Gasteiger partial charge in [-0.3, -0.25) is 0 Å². The van der Waals surface area contributed by atoms with Gasteiger partial charge in [0.15, 0.2) is 0 Å². The Kier molecular flexibility index (Phi) is 5.13. The minimum Gasteiger partial charge on any atom is -0.465 e. The maximum absolute atomic E-state index is 11.7. The lowest BCUT2D eigenvalue weighted by atomic mass is 10.2. The number of benzene rings is 1. The van der Waals surface area contributed by atoms with E-state index in [2.05, 4.69) is 10.1 Å². The zero-order valence-corrected chi connectivity index (χ0v) is 10.3. The van der Waals surface area contributed by atoms with E-state index in [-0.39, 0.29) is 18.7 Å². The minimum absolute atomic E-state index is 0.122. The molecule has 0 aliphatic rings. The summed E-state index contributed by atoms with van der Waals surface area (Å²) in [6.45, 7) is 0.0921. The number of nitrogens with zero attached hydrogens (tertiary/aromatic N) is 1. The van der Waals surface area contributed by atoms with Crippen LogP contribution < -0.4 is 5.32 Å². The molecular weight excluding hydrogens is 236 g/mol. The van der Waals surface area contributed by atoms with Crippen LogP contribution in [0, 0.1) is 0 Å². The number of hydrogen-bond acceptors (Lipinski definition) is 4. The zero-order chi connectivity index (χ0) is 13.5. The van der Waals surface area contributed by atoms with Crippen molar-refractivity contribution < 1.29 is 19.4 Å². The van der Waals surface area contributed by atoms with Crippen molar-refractivity contribution in [2.75, 3.05) is 32.6 Å². The number of methoxy groups -OCH3 is 1. The van der Waals surface area contributed by atoms with Crippen molar-refractivity contribution >= 4 is 17.7 Å². The second-order valence-corrected chi connectivity index (χ2v) is 3.61. The summed E-state index contributed by atoms with van der Waals surface area (Å²) in [5.41, 5.74) is 0.657. The second kappa shape index (κ2) is 6.61. The SMILES string of the molecule is COC(=O)c1ccccc1NC(=O)N(C)CCO. The average Bonchev–Trinajstić information content (AvgIpc) is 2.38. The van der Waals surface area contributed by atoms with Crippen LogP contribution in [0.2, 0.25) is 0 Å². The number of likely N-dealkylation sites (N-methyl/N-ethyl adjacent to an activating group) is 1. The molecule has 0 aliphatic heterocycles. The molecule has 0 aliphatic carbocycles. The third-order valence-corrected chi connectivity index (χ3v) is 2.36. The Morgan fingerprint density at radius 2 is 2.06 bits per heavy atom. The normalized spacial score (nSPS) is 9.72. The number of aliphatic hydroxyl groups excluding tert-OH is 1. The summed E-state index contributed by atoms with van der Waals surface area (Å²) in [6.07, 6.45) is 0. The molecule has 2 N–H and O–H groups in total. The minimum atomic E-state index is -0.518. The maximum Gasteiger partial charge on any atom is 0.339 e. The van der Waals surface area contributed by atoms with E-state index in [1.54, 1.807) is 31.3 Å².